The third-order valence-corrected chi connectivity index (χ3v) is 5.74. The number of nitrogens with zero attached hydrogens (tertiary/aromatic N) is 1. The Kier molecular flexibility index (Phi) is 7.28. The molecule has 0 unspecified atom stereocenters. The molecular weight excluding hydrogens is 414 g/mol. The van der Waals surface area contributed by atoms with Gasteiger partial charge in [0.15, 0.2) is 5.58 Å². The normalized spacial score (nSPS) is 11.4. The predicted octanol–water partition coefficient (Wildman–Crippen LogP) is 7.27. The Hall–Kier alpha value is -3.34. The van der Waals surface area contributed by atoms with Crippen molar-refractivity contribution in [3.63, 3.8) is 0 Å². The topological polar surface area (TPSA) is 61.6 Å². The summed E-state index contributed by atoms with van der Waals surface area (Å²) in [6.45, 7) is 7.25. The smallest absolute Gasteiger partial charge is 0.305 e. The first-order chi connectivity index (χ1) is 16.0. The number of rotatable bonds is 10. The molecule has 0 fully saturated rings. The molecule has 5 nitrogen and oxygen atoms in total. The summed E-state index contributed by atoms with van der Waals surface area (Å²) in [5.74, 6) is 1.81. The Bertz CT molecular complexity index is 1240. The highest BCUT2D eigenvalue weighted by Gasteiger charge is 2.11. The molecule has 0 aliphatic carbocycles. The van der Waals surface area contributed by atoms with Crippen molar-refractivity contribution in [1.29, 1.82) is 0 Å². The summed E-state index contributed by atoms with van der Waals surface area (Å²) in [6.07, 6.45) is 3.16. The fourth-order valence-electron chi connectivity index (χ4n) is 3.84. The minimum atomic E-state index is -0.120. The maximum atomic E-state index is 11.4. The van der Waals surface area contributed by atoms with Crippen molar-refractivity contribution >= 4 is 27.8 Å². The van der Waals surface area contributed by atoms with Crippen LogP contribution in [-0.2, 0) is 9.53 Å². The second kappa shape index (κ2) is 10.5. The van der Waals surface area contributed by atoms with Crippen LogP contribution in [-0.4, -0.2) is 24.2 Å². The Balaban J connectivity index is 1.38. The van der Waals surface area contributed by atoms with Gasteiger partial charge in [-0.3, -0.25) is 4.79 Å². The van der Waals surface area contributed by atoms with Crippen molar-refractivity contribution in [3.05, 3.63) is 60.2 Å². The minimum absolute atomic E-state index is 0.120. The van der Waals surface area contributed by atoms with E-state index in [0.717, 1.165) is 52.4 Å². The van der Waals surface area contributed by atoms with Gasteiger partial charge in [0.2, 0.25) is 5.89 Å². The van der Waals surface area contributed by atoms with Crippen LogP contribution in [0.5, 0.6) is 5.75 Å². The van der Waals surface area contributed by atoms with Gasteiger partial charge in [-0.05, 0) is 84.8 Å². The van der Waals surface area contributed by atoms with Crippen LogP contribution in [0.2, 0.25) is 0 Å². The molecule has 0 radical (unpaired) electrons. The number of hydrogen-bond acceptors (Lipinski definition) is 5. The summed E-state index contributed by atoms with van der Waals surface area (Å²) < 4.78 is 16.9. The van der Waals surface area contributed by atoms with E-state index in [0.29, 0.717) is 31.4 Å². The molecule has 0 aliphatic heterocycles. The Labute approximate surface area is 194 Å². The first kappa shape index (κ1) is 22.8. The number of carbonyl (C=O) groups excluding carboxylic acids is 1. The van der Waals surface area contributed by atoms with Gasteiger partial charge in [0.05, 0.1) is 13.2 Å². The fraction of sp³-hybridized carbons (Fsp3) is 0.357. The summed E-state index contributed by atoms with van der Waals surface area (Å²) in [5, 5.41) is 2.22. The number of oxazole rings is 1. The van der Waals surface area contributed by atoms with Crippen molar-refractivity contribution in [1.82, 2.24) is 4.98 Å². The molecule has 172 valence electrons. The number of benzene rings is 3. The molecule has 5 heteroatoms. The molecule has 3 aromatic carbocycles. The molecule has 1 heterocycles. The van der Waals surface area contributed by atoms with Crippen molar-refractivity contribution in [2.75, 3.05) is 13.2 Å². The van der Waals surface area contributed by atoms with Gasteiger partial charge < -0.3 is 13.9 Å². The summed E-state index contributed by atoms with van der Waals surface area (Å²) in [6, 6.07) is 18.5. The zero-order valence-electron chi connectivity index (χ0n) is 19.6. The summed E-state index contributed by atoms with van der Waals surface area (Å²) >= 11 is 0. The number of esters is 1. The Morgan fingerprint density at radius 3 is 2.61 bits per heavy atom. The lowest BCUT2D eigenvalue weighted by Crippen LogP contribution is -2.04. The average Bonchev–Trinajstić information content (AvgIpc) is 3.24. The van der Waals surface area contributed by atoms with Crippen molar-refractivity contribution in [2.24, 2.45) is 0 Å². The number of hydrogen-bond donors (Lipinski definition) is 0. The van der Waals surface area contributed by atoms with Crippen LogP contribution in [0.4, 0.5) is 0 Å². The average molecular weight is 446 g/mol. The highest BCUT2D eigenvalue weighted by atomic mass is 16.5. The van der Waals surface area contributed by atoms with E-state index < -0.39 is 0 Å². The lowest BCUT2D eigenvalue weighted by atomic mass is 10.0. The highest BCUT2D eigenvalue weighted by molar-refractivity contribution is 5.88. The number of fused-ring (bicyclic) bond motifs is 2. The molecule has 0 spiro atoms. The summed E-state index contributed by atoms with van der Waals surface area (Å²) in [4.78, 5) is 16.0. The molecule has 4 rings (SSSR count). The Morgan fingerprint density at radius 1 is 0.970 bits per heavy atom. The minimum Gasteiger partial charge on any atom is -0.494 e. The van der Waals surface area contributed by atoms with Gasteiger partial charge in [-0.2, -0.15) is 0 Å². The molecule has 0 saturated heterocycles. The molecule has 1 aromatic heterocycles. The van der Waals surface area contributed by atoms with Crippen LogP contribution < -0.4 is 4.74 Å². The van der Waals surface area contributed by atoms with Gasteiger partial charge in [0.25, 0.3) is 0 Å². The van der Waals surface area contributed by atoms with E-state index in [2.05, 4.69) is 55.2 Å². The van der Waals surface area contributed by atoms with Crippen molar-refractivity contribution < 1.29 is 18.7 Å². The zero-order chi connectivity index (χ0) is 23.2. The van der Waals surface area contributed by atoms with Gasteiger partial charge in [0, 0.05) is 12.0 Å². The number of unbranched alkanes of at least 4 members (excludes halogenated alkanes) is 2. The molecule has 4 aromatic rings. The summed E-state index contributed by atoms with van der Waals surface area (Å²) in [7, 11) is 0. The molecule has 0 aliphatic rings. The number of ether oxygens (including phenoxy) is 2. The van der Waals surface area contributed by atoms with Crippen LogP contribution >= 0.6 is 0 Å². The Morgan fingerprint density at radius 2 is 1.79 bits per heavy atom. The summed E-state index contributed by atoms with van der Waals surface area (Å²) in [5.41, 5.74) is 3.90. The van der Waals surface area contributed by atoms with Crippen LogP contribution in [0.1, 0.15) is 57.9 Å². The van der Waals surface area contributed by atoms with E-state index in [4.69, 9.17) is 13.9 Å². The zero-order valence-corrected chi connectivity index (χ0v) is 19.6. The standard InChI is InChI=1S/C28H31NO4/c1-4-31-27(30)8-6-5-7-15-32-24-13-11-21-16-23(10-9-22(21)17-24)28-29-25-14-12-20(19(2)3)18-26(25)33-28/h9-14,16-19H,4-8,15H2,1-3H3. The molecule has 33 heavy (non-hydrogen) atoms. The van der Waals surface area contributed by atoms with Gasteiger partial charge in [0.1, 0.15) is 11.3 Å². The first-order valence-corrected chi connectivity index (χ1v) is 11.8. The maximum Gasteiger partial charge on any atom is 0.305 e. The number of aromatic nitrogens is 1. The fourth-order valence-corrected chi connectivity index (χ4v) is 3.84. The lowest BCUT2D eigenvalue weighted by Gasteiger charge is -2.08. The van der Waals surface area contributed by atoms with Crippen molar-refractivity contribution in [2.45, 2.75) is 52.4 Å². The largest absolute Gasteiger partial charge is 0.494 e. The first-order valence-electron chi connectivity index (χ1n) is 11.8. The number of carbonyl (C=O) groups is 1. The molecule has 0 atom stereocenters. The van der Waals surface area contributed by atoms with Crippen molar-refractivity contribution in [3.8, 4) is 17.2 Å². The van der Waals surface area contributed by atoms with E-state index in [9.17, 15) is 4.79 Å². The monoisotopic (exact) mass is 445 g/mol. The molecule has 0 amide bonds. The predicted molar refractivity (Wildman–Crippen MR) is 132 cm³/mol. The van der Waals surface area contributed by atoms with Crippen LogP contribution in [0.3, 0.4) is 0 Å². The van der Waals surface area contributed by atoms with Gasteiger partial charge in [-0.15, -0.1) is 0 Å². The van der Waals surface area contributed by atoms with Gasteiger partial charge in [-0.25, -0.2) is 4.98 Å². The third kappa shape index (κ3) is 5.72. The van der Waals surface area contributed by atoms with E-state index in [1.807, 2.05) is 25.1 Å². The lowest BCUT2D eigenvalue weighted by molar-refractivity contribution is -0.143. The van der Waals surface area contributed by atoms with Gasteiger partial charge >= 0.3 is 5.97 Å². The molecule has 0 bridgehead atoms. The van der Waals surface area contributed by atoms with Crippen LogP contribution in [0.25, 0.3) is 33.3 Å². The molecule has 0 N–H and O–H groups in total. The quantitative estimate of drug-likeness (QED) is 0.190. The molecule has 0 saturated carbocycles. The van der Waals surface area contributed by atoms with Crippen LogP contribution in [0.15, 0.2) is 59.0 Å². The SMILES string of the molecule is CCOC(=O)CCCCCOc1ccc2cc(-c3nc4ccc(C(C)C)cc4o3)ccc2c1. The van der Waals surface area contributed by atoms with E-state index in [-0.39, 0.29) is 5.97 Å². The second-order valence-corrected chi connectivity index (χ2v) is 8.59. The molecular formula is C28H31NO4. The van der Waals surface area contributed by atoms with E-state index in [1.165, 1.54) is 5.56 Å². The van der Waals surface area contributed by atoms with Crippen LogP contribution in [0, 0.1) is 0 Å². The van der Waals surface area contributed by atoms with E-state index >= 15 is 0 Å². The van der Waals surface area contributed by atoms with Gasteiger partial charge in [-0.1, -0.05) is 32.0 Å². The maximum absolute atomic E-state index is 11.4. The second-order valence-electron chi connectivity index (χ2n) is 8.59. The van der Waals surface area contributed by atoms with E-state index in [1.54, 1.807) is 0 Å². The third-order valence-electron chi connectivity index (χ3n) is 5.74. The highest BCUT2D eigenvalue weighted by Crippen LogP contribution is 2.30.